The molecule has 1 atom stereocenters. The van der Waals surface area contributed by atoms with Crippen molar-refractivity contribution in [3.05, 3.63) is 253 Å². The summed E-state index contributed by atoms with van der Waals surface area (Å²) >= 11 is 1.86. The number of hydrogen-bond acceptors (Lipinski definition) is 4. The molecule has 1 unspecified atom stereocenters. The van der Waals surface area contributed by atoms with E-state index < -0.39 is 0 Å². The fourth-order valence-electron chi connectivity index (χ4n) is 11.3. The van der Waals surface area contributed by atoms with Gasteiger partial charge in [-0.1, -0.05) is 152 Å². The van der Waals surface area contributed by atoms with Gasteiger partial charge >= 0.3 is 0 Å². The minimum Gasteiger partial charge on any atom is -0.344 e. The summed E-state index contributed by atoms with van der Waals surface area (Å²) in [6.07, 6.45) is -0.371. The second-order valence-corrected chi connectivity index (χ2v) is 19.6. The molecule has 6 heteroatoms. The number of rotatable bonds is 6. The van der Waals surface area contributed by atoms with Gasteiger partial charge in [-0.15, -0.1) is 11.3 Å². The maximum absolute atomic E-state index is 5.50. The third kappa shape index (κ3) is 6.25. The number of nitrogens with zero attached hydrogens (tertiary/aromatic N) is 4. The molecule has 0 saturated carbocycles. The number of thiophene rings is 1. The normalized spacial score (nSPS) is 14.1. The Labute approximate surface area is 412 Å². The highest BCUT2D eigenvalue weighted by Gasteiger charge is 2.25. The molecule has 1 aliphatic heterocycles. The standard InChI is InChI=1S/C65H41N5S/c1-3-17-41(18-4-1)63-66-64(44-30-33-56-51(37-44)48-24-11-13-27-54(48)69(56)46-21-5-2-6-22-46)68-65(67-63)45-31-34-57(70-55-28-14-12-25-49(55)52-36-42-19-7-8-20-43(42)39-58(52)70)53(38-45)50-26-15-29-59-62(50)61-47-23-10-9-16-40(47)32-35-60(61)71-59/h1-39,63H,(H,66,67,68). The van der Waals surface area contributed by atoms with Crippen LogP contribution in [0.3, 0.4) is 0 Å². The molecule has 14 aromatic rings. The summed E-state index contributed by atoms with van der Waals surface area (Å²) in [6, 6.07) is 85.8. The van der Waals surface area contributed by atoms with Gasteiger partial charge in [-0.25, -0.2) is 9.98 Å². The molecule has 4 heterocycles. The van der Waals surface area contributed by atoms with Crippen LogP contribution in [0.1, 0.15) is 22.9 Å². The van der Waals surface area contributed by atoms with Gasteiger partial charge in [0.2, 0.25) is 0 Å². The van der Waals surface area contributed by atoms with Gasteiger partial charge in [-0.05, 0) is 118 Å². The molecule has 0 fully saturated rings. The molecule has 0 bridgehead atoms. The SMILES string of the molecule is c1ccc(C2N=C(c3ccc(-n4c5ccccc5c5cc6ccccc6cc54)c(-c4cccc5sc6ccc7ccccc7c6c45)c3)N=C(c3ccc4c(c3)c3ccccc3n4-c3ccccc3)N2)cc1. The van der Waals surface area contributed by atoms with Crippen LogP contribution in [-0.4, -0.2) is 20.8 Å². The summed E-state index contributed by atoms with van der Waals surface area (Å²) < 4.78 is 7.37. The highest BCUT2D eigenvalue weighted by molar-refractivity contribution is 7.26. The van der Waals surface area contributed by atoms with Crippen molar-refractivity contribution in [2.45, 2.75) is 6.17 Å². The molecule has 0 amide bonds. The van der Waals surface area contributed by atoms with Gasteiger partial charge in [0.05, 0.1) is 27.8 Å². The minimum atomic E-state index is -0.371. The Hall–Kier alpha value is -9.10. The summed E-state index contributed by atoms with van der Waals surface area (Å²) in [5.41, 5.74) is 12.2. The number of amidine groups is 2. The Kier molecular flexibility index (Phi) is 8.82. The predicted octanol–water partition coefficient (Wildman–Crippen LogP) is 16.7. The Morgan fingerprint density at radius 3 is 1.83 bits per heavy atom. The predicted molar refractivity (Wildman–Crippen MR) is 300 cm³/mol. The van der Waals surface area contributed by atoms with Crippen molar-refractivity contribution in [1.82, 2.24) is 14.5 Å². The molecular formula is C65H41N5S. The minimum absolute atomic E-state index is 0.371. The largest absolute Gasteiger partial charge is 0.344 e. The summed E-state index contributed by atoms with van der Waals surface area (Å²) in [4.78, 5) is 11.0. The zero-order chi connectivity index (χ0) is 46.6. The van der Waals surface area contributed by atoms with Crippen LogP contribution in [-0.2, 0) is 0 Å². The Morgan fingerprint density at radius 1 is 0.394 bits per heavy atom. The number of para-hydroxylation sites is 3. The molecule has 0 radical (unpaired) electrons. The van der Waals surface area contributed by atoms with Crippen LogP contribution in [0.25, 0.3) is 108 Å². The van der Waals surface area contributed by atoms with Crippen molar-refractivity contribution in [2.24, 2.45) is 9.98 Å². The van der Waals surface area contributed by atoms with E-state index in [0.29, 0.717) is 5.84 Å². The average Bonchev–Trinajstić information content (AvgIpc) is 4.10. The topological polar surface area (TPSA) is 46.6 Å². The second-order valence-electron chi connectivity index (χ2n) is 18.5. The van der Waals surface area contributed by atoms with E-state index in [1.165, 1.54) is 79.9 Å². The van der Waals surface area contributed by atoms with Crippen LogP contribution in [0.2, 0.25) is 0 Å². The number of hydrogen-bond donors (Lipinski definition) is 1. The molecule has 15 rings (SSSR count). The molecule has 332 valence electrons. The van der Waals surface area contributed by atoms with Gasteiger partial charge in [0.1, 0.15) is 12.0 Å². The van der Waals surface area contributed by atoms with Gasteiger partial charge in [-0.3, -0.25) is 0 Å². The van der Waals surface area contributed by atoms with Gasteiger partial charge < -0.3 is 14.5 Å². The van der Waals surface area contributed by atoms with Crippen molar-refractivity contribution in [1.29, 1.82) is 0 Å². The first-order valence-electron chi connectivity index (χ1n) is 24.2. The van der Waals surface area contributed by atoms with E-state index in [1.54, 1.807) is 0 Å². The lowest BCUT2D eigenvalue weighted by molar-refractivity contribution is 0.674. The molecule has 1 N–H and O–H groups in total. The van der Waals surface area contributed by atoms with E-state index in [0.717, 1.165) is 50.5 Å². The maximum Gasteiger partial charge on any atom is 0.159 e. The summed E-state index contributed by atoms with van der Waals surface area (Å²) in [5.74, 6) is 1.45. The summed E-state index contributed by atoms with van der Waals surface area (Å²) in [5, 5.41) is 16.1. The molecule has 0 aliphatic carbocycles. The highest BCUT2D eigenvalue weighted by Crippen LogP contribution is 2.46. The fourth-order valence-corrected chi connectivity index (χ4v) is 12.5. The first-order valence-corrected chi connectivity index (χ1v) is 25.0. The quantitative estimate of drug-likeness (QED) is 0.177. The van der Waals surface area contributed by atoms with Crippen LogP contribution >= 0.6 is 11.3 Å². The van der Waals surface area contributed by atoms with Crippen LogP contribution in [0.4, 0.5) is 0 Å². The summed E-state index contributed by atoms with van der Waals surface area (Å²) in [7, 11) is 0. The Bertz CT molecular complexity index is 4560. The van der Waals surface area contributed by atoms with Crippen LogP contribution < -0.4 is 5.32 Å². The highest BCUT2D eigenvalue weighted by atomic mass is 32.1. The third-order valence-electron chi connectivity index (χ3n) is 14.5. The lowest BCUT2D eigenvalue weighted by Crippen LogP contribution is -2.33. The smallest absolute Gasteiger partial charge is 0.159 e. The molecular weight excluding hydrogens is 883 g/mol. The first kappa shape index (κ1) is 39.9. The molecule has 71 heavy (non-hydrogen) atoms. The van der Waals surface area contributed by atoms with Gasteiger partial charge in [0.25, 0.3) is 0 Å². The van der Waals surface area contributed by atoms with E-state index in [1.807, 2.05) is 11.3 Å². The van der Waals surface area contributed by atoms with Gasteiger partial charge in [0, 0.05) is 64.1 Å². The monoisotopic (exact) mass is 923 g/mol. The molecule has 3 aromatic heterocycles. The molecule has 5 nitrogen and oxygen atoms in total. The lowest BCUT2D eigenvalue weighted by Gasteiger charge is -2.24. The van der Waals surface area contributed by atoms with Crippen LogP contribution in [0, 0.1) is 0 Å². The molecule has 1 aliphatic rings. The van der Waals surface area contributed by atoms with E-state index in [4.69, 9.17) is 9.98 Å². The zero-order valence-corrected chi connectivity index (χ0v) is 39.1. The lowest BCUT2D eigenvalue weighted by atomic mass is 9.94. The number of aliphatic imine (C=N–C) groups is 2. The first-order chi connectivity index (χ1) is 35.2. The average molecular weight is 924 g/mol. The zero-order valence-electron chi connectivity index (χ0n) is 38.3. The van der Waals surface area contributed by atoms with Crippen molar-refractivity contribution < 1.29 is 0 Å². The second kappa shape index (κ2) is 15.7. The fraction of sp³-hybridized carbons (Fsp3) is 0.0154. The number of fused-ring (bicyclic) bond motifs is 12. The van der Waals surface area contributed by atoms with Crippen LogP contribution in [0.5, 0.6) is 0 Å². The molecule has 11 aromatic carbocycles. The van der Waals surface area contributed by atoms with Crippen molar-refractivity contribution in [2.75, 3.05) is 0 Å². The van der Waals surface area contributed by atoms with E-state index in [-0.39, 0.29) is 6.17 Å². The number of benzene rings is 11. The Balaban J connectivity index is 0.989. The summed E-state index contributed by atoms with van der Waals surface area (Å²) in [6.45, 7) is 0. The molecule has 0 saturated heterocycles. The van der Waals surface area contributed by atoms with E-state index >= 15 is 0 Å². The van der Waals surface area contributed by atoms with Crippen LogP contribution in [0.15, 0.2) is 247 Å². The van der Waals surface area contributed by atoms with Gasteiger partial charge in [-0.2, -0.15) is 0 Å². The maximum atomic E-state index is 5.50. The van der Waals surface area contributed by atoms with E-state index in [2.05, 4.69) is 251 Å². The van der Waals surface area contributed by atoms with Crippen molar-refractivity contribution >= 4 is 108 Å². The van der Waals surface area contributed by atoms with Crippen molar-refractivity contribution in [3.63, 3.8) is 0 Å². The third-order valence-corrected chi connectivity index (χ3v) is 15.7. The number of nitrogens with one attached hydrogen (secondary N) is 1. The molecule has 0 spiro atoms. The Morgan fingerprint density at radius 2 is 1.03 bits per heavy atom. The van der Waals surface area contributed by atoms with Gasteiger partial charge in [0.15, 0.2) is 5.84 Å². The number of aromatic nitrogens is 2. The van der Waals surface area contributed by atoms with Crippen molar-refractivity contribution in [3.8, 4) is 22.5 Å². The van der Waals surface area contributed by atoms with E-state index in [9.17, 15) is 0 Å².